The van der Waals surface area contributed by atoms with Crippen molar-refractivity contribution in [2.75, 3.05) is 7.11 Å². The highest BCUT2D eigenvalue weighted by atomic mass is 16.5. The number of rotatable bonds is 2. The van der Waals surface area contributed by atoms with Gasteiger partial charge in [0.05, 0.1) is 23.7 Å². The molecule has 6 nitrogen and oxygen atoms in total. The molecule has 0 unspecified atom stereocenters. The van der Waals surface area contributed by atoms with Crippen LogP contribution < -0.4 is 4.74 Å². The van der Waals surface area contributed by atoms with Gasteiger partial charge in [0.2, 0.25) is 5.91 Å². The summed E-state index contributed by atoms with van der Waals surface area (Å²) in [5.74, 6) is -1.17. The maximum Gasteiger partial charge on any atom is 0.338 e. The number of fused-ring (bicyclic) bond motifs is 3. The largest absolute Gasteiger partial charge is 0.465 e. The van der Waals surface area contributed by atoms with E-state index in [4.69, 9.17) is 9.47 Å². The van der Waals surface area contributed by atoms with Crippen molar-refractivity contribution in [1.29, 1.82) is 0 Å². The van der Waals surface area contributed by atoms with Gasteiger partial charge in [-0.3, -0.25) is 14.2 Å². The van der Waals surface area contributed by atoms with Crippen molar-refractivity contribution >= 4 is 39.7 Å². The lowest BCUT2D eigenvalue weighted by Crippen LogP contribution is -2.09. The average Bonchev–Trinajstić information content (AvgIpc) is 2.88. The van der Waals surface area contributed by atoms with Gasteiger partial charge in [-0.25, -0.2) is 4.79 Å². The van der Waals surface area contributed by atoms with Crippen LogP contribution in [0.1, 0.15) is 29.0 Å². The second kappa shape index (κ2) is 5.81. The normalized spacial score (nSPS) is 10.8. The van der Waals surface area contributed by atoms with E-state index in [-0.39, 0.29) is 17.2 Å². The number of carbonyl (C=O) groups is 3. The first-order valence-corrected chi connectivity index (χ1v) is 7.29. The summed E-state index contributed by atoms with van der Waals surface area (Å²) in [5, 5.41) is 1.42. The number of benzene rings is 2. The van der Waals surface area contributed by atoms with E-state index < -0.39 is 11.9 Å². The van der Waals surface area contributed by atoms with E-state index in [9.17, 15) is 14.4 Å². The third-order valence-electron chi connectivity index (χ3n) is 3.72. The summed E-state index contributed by atoms with van der Waals surface area (Å²) in [5.41, 5.74) is 1.37. The fraction of sp³-hybridized carbons (Fsp3) is 0.167. The predicted octanol–water partition coefficient (Wildman–Crippen LogP) is 3.17. The molecular formula is C18H15NO5. The molecule has 0 radical (unpaired) electrons. The van der Waals surface area contributed by atoms with Crippen LogP contribution >= 0.6 is 0 Å². The highest BCUT2D eigenvalue weighted by Gasteiger charge is 2.21. The molecule has 24 heavy (non-hydrogen) atoms. The third-order valence-corrected chi connectivity index (χ3v) is 3.72. The number of ether oxygens (including phenoxy) is 2. The zero-order valence-electron chi connectivity index (χ0n) is 13.5. The number of esters is 2. The summed E-state index contributed by atoms with van der Waals surface area (Å²) in [6, 6.07) is 10.3. The molecule has 0 amide bonds. The SMILES string of the molecule is COC(=O)c1cc(OC(C)=O)c2c(c1)c1ccccc1n2C(C)=O. The highest BCUT2D eigenvalue weighted by Crippen LogP contribution is 2.36. The lowest BCUT2D eigenvalue weighted by Gasteiger charge is -2.09. The maximum absolute atomic E-state index is 12.2. The van der Waals surface area contributed by atoms with Gasteiger partial charge in [0, 0.05) is 24.6 Å². The number of hydrogen-bond acceptors (Lipinski definition) is 5. The highest BCUT2D eigenvalue weighted by molar-refractivity contribution is 6.16. The summed E-state index contributed by atoms with van der Waals surface area (Å²) < 4.78 is 11.5. The first kappa shape index (κ1) is 15.7. The Bertz CT molecular complexity index is 999. The van der Waals surface area contributed by atoms with Gasteiger partial charge in [-0.05, 0) is 18.2 Å². The Morgan fingerprint density at radius 3 is 2.33 bits per heavy atom. The van der Waals surface area contributed by atoms with Crippen molar-refractivity contribution < 1.29 is 23.9 Å². The summed E-state index contributed by atoms with van der Waals surface area (Å²) in [6.45, 7) is 2.69. The number of carbonyl (C=O) groups excluding carboxylic acids is 3. The molecule has 3 aromatic rings. The fourth-order valence-corrected chi connectivity index (χ4v) is 2.86. The first-order chi connectivity index (χ1) is 11.4. The van der Waals surface area contributed by atoms with Crippen LogP contribution in [-0.2, 0) is 9.53 Å². The van der Waals surface area contributed by atoms with Crippen LogP contribution in [-0.4, -0.2) is 29.5 Å². The molecule has 0 aliphatic heterocycles. The van der Waals surface area contributed by atoms with Crippen molar-refractivity contribution in [3.05, 3.63) is 42.0 Å². The molecule has 122 valence electrons. The number of methoxy groups -OCH3 is 1. The number of nitrogens with zero attached hydrogens (tertiary/aromatic N) is 1. The van der Waals surface area contributed by atoms with Gasteiger partial charge in [-0.15, -0.1) is 0 Å². The Kier molecular flexibility index (Phi) is 3.81. The molecule has 0 aliphatic carbocycles. The van der Waals surface area contributed by atoms with Gasteiger partial charge < -0.3 is 9.47 Å². The van der Waals surface area contributed by atoms with E-state index in [1.165, 1.54) is 31.6 Å². The molecule has 0 N–H and O–H groups in total. The minimum atomic E-state index is -0.551. The molecule has 0 bridgehead atoms. The Hall–Kier alpha value is -3.15. The van der Waals surface area contributed by atoms with Gasteiger partial charge in [0.15, 0.2) is 5.75 Å². The van der Waals surface area contributed by atoms with E-state index in [1.54, 1.807) is 12.1 Å². The van der Waals surface area contributed by atoms with Crippen molar-refractivity contribution in [2.24, 2.45) is 0 Å². The Labute approximate surface area is 137 Å². The van der Waals surface area contributed by atoms with E-state index in [1.807, 2.05) is 18.2 Å². The maximum atomic E-state index is 12.2. The van der Waals surface area contributed by atoms with E-state index >= 15 is 0 Å². The fourth-order valence-electron chi connectivity index (χ4n) is 2.86. The van der Waals surface area contributed by atoms with Crippen LogP contribution in [0.5, 0.6) is 5.75 Å². The molecular weight excluding hydrogens is 310 g/mol. The molecule has 0 spiro atoms. The Morgan fingerprint density at radius 1 is 1.00 bits per heavy atom. The number of hydrogen-bond donors (Lipinski definition) is 0. The van der Waals surface area contributed by atoms with Crippen LogP contribution in [0.25, 0.3) is 21.8 Å². The van der Waals surface area contributed by atoms with Crippen molar-refractivity contribution in [2.45, 2.75) is 13.8 Å². The molecule has 2 aromatic carbocycles. The van der Waals surface area contributed by atoms with Gasteiger partial charge in [0.1, 0.15) is 0 Å². The van der Waals surface area contributed by atoms with E-state index in [0.717, 1.165) is 5.39 Å². The Balaban J connectivity index is 2.50. The minimum Gasteiger partial charge on any atom is -0.465 e. The molecule has 0 atom stereocenters. The van der Waals surface area contributed by atoms with Crippen LogP contribution in [0.4, 0.5) is 0 Å². The zero-order valence-corrected chi connectivity index (χ0v) is 13.5. The molecule has 6 heteroatoms. The standard InChI is InChI=1S/C18H15NO5/c1-10(20)19-15-7-5-4-6-13(15)14-8-12(18(22)23-3)9-16(17(14)19)24-11(2)21/h4-9H,1-3H3. The van der Waals surface area contributed by atoms with Crippen molar-refractivity contribution in [3.8, 4) is 5.75 Å². The van der Waals surface area contributed by atoms with Crippen LogP contribution in [0.3, 0.4) is 0 Å². The average molecular weight is 325 g/mol. The zero-order chi connectivity index (χ0) is 17.4. The summed E-state index contributed by atoms with van der Waals surface area (Å²) in [4.78, 5) is 35.6. The first-order valence-electron chi connectivity index (χ1n) is 7.29. The molecule has 1 heterocycles. The van der Waals surface area contributed by atoms with Crippen LogP contribution in [0.15, 0.2) is 36.4 Å². The predicted molar refractivity (Wildman–Crippen MR) is 88.4 cm³/mol. The van der Waals surface area contributed by atoms with E-state index in [2.05, 4.69) is 0 Å². The van der Waals surface area contributed by atoms with Crippen molar-refractivity contribution in [3.63, 3.8) is 0 Å². The quantitative estimate of drug-likeness (QED) is 0.534. The molecule has 0 saturated heterocycles. The third kappa shape index (κ3) is 2.42. The molecule has 0 aliphatic rings. The molecule has 1 aromatic heterocycles. The minimum absolute atomic E-state index is 0.145. The second-order valence-corrected chi connectivity index (χ2v) is 5.33. The van der Waals surface area contributed by atoms with Crippen molar-refractivity contribution in [1.82, 2.24) is 4.57 Å². The Morgan fingerprint density at radius 2 is 1.71 bits per heavy atom. The van der Waals surface area contributed by atoms with Crippen LogP contribution in [0.2, 0.25) is 0 Å². The lowest BCUT2D eigenvalue weighted by atomic mass is 10.1. The summed E-state index contributed by atoms with van der Waals surface area (Å²) in [6.07, 6.45) is 0. The van der Waals surface area contributed by atoms with Gasteiger partial charge in [-0.2, -0.15) is 0 Å². The summed E-state index contributed by atoms with van der Waals surface area (Å²) >= 11 is 0. The molecule has 3 rings (SSSR count). The van der Waals surface area contributed by atoms with Crippen LogP contribution in [0, 0.1) is 0 Å². The van der Waals surface area contributed by atoms with Gasteiger partial charge in [-0.1, -0.05) is 18.2 Å². The smallest absolute Gasteiger partial charge is 0.338 e. The topological polar surface area (TPSA) is 74.6 Å². The monoisotopic (exact) mass is 325 g/mol. The number of para-hydroxylation sites is 1. The van der Waals surface area contributed by atoms with Gasteiger partial charge in [0.25, 0.3) is 0 Å². The lowest BCUT2D eigenvalue weighted by molar-refractivity contribution is -0.131. The van der Waals surface area contributed by atoms with Gasteiger partial charge >= 0.3 is 11.9 Å². The second-order valence-electron chi connectivity index (χ2n) is 5.33. The summed E-state index contributed by atoms with van der Waals surface area (Å²) in [7, 11) is 1.27. The van der Waals surface area contributed by atoms with E-state index in [0.29, 0.717) is 16.4 Å². The number of aromatic nitrogens is 1. The molecule has 0 fully saturated rings. The molecule has 0 saturated carbocycles.